The molecule has 25 heavy (non-hydrogen) atoms. The number of H-pyrrole nitrogens is 1. The summed E-state index contributed by atoms with van der Waals surface area (Å²) in [6.45, 7) is 13.1. The maximum Gasteiger partial charge on any atom is 0.142 e. The Kier molecular flexibility index (Phi) is 5.94. The Morgan fingerprint density at radius 3 is 2.20 bits per heavy atom. The van der Waals surface area contributed by atoms with Gasteiger partial charge in [-0.2, -0.15) is 0 Å². The number of aromatic amines is 1. The van der Waals surface area contributed by atoms with Crippen LogP contribution in [0, 0.1) is 12.8 Å². The molecular formula is C23H31NO. The highest BCUT2D eigenvalue weighted by Crippen LogP contribution is 2.43. The van der Waals surface area contributed by atoms with E-state index in [0.717, 1.165) is 11.3 Å². The Balaban J connectivity index is 0.00000109. The number of methoxy groups -OCH3 is 1. The van der Waals surface area contributed by atoms with E-state index in [1.165, 1.54) is 22.1 Å². The molecule has 2 heteroatoms. The summed E-state index contributed by atoms with van der Waals surface area (Å²) in [5.74, 6) is 1.36. The normalized spacial score (nSPS) is 13.3. The van der Waals surface area contributed by atoms with Crippen molar-refractivity contribution < 1.29 is 4.74 Å². The van der Waals surface area contributed by atoms with Crippen LogP contribution in [0.2, 0.25) is 0 Å². The van der Waals surface area contributed by atoms with Gasteiger partial charge in [0.15, 0.2) is 0 Å². The van der Waals surface area contributed by atoms with E-state index in [0.29, 0.717) is 5.92 Å². The predicted octanol–water partition coefficient (Wildman–Crippen LogP) is 6.47. The molecule has 1 unspecified atom stereocenters. The van der Waals surface area contributed by atoms with Gasteiger partial charge >= 0.3 is 0 Å². The topological polar surface area (TPSA) is 25.0 Å². The van der Waals surface area contributed by atoms with Crippen molar-refractivity contribution in [2.24, 2.45) is 5.92 Å². The first-order chi connectivity index (χ1) is 12.0. The molecule has 2 aromatic carbocycles. The van der Waals surface area contributed by atoms with Crippen molar-refractivity contribution in [2.75, 3.05) is 7.11 Å². The Hall–Kier alpha value is -2.22. The second-order valence-electron chi connectivity index (χ2n) is 6.81. The number of hydrogen-bond donors (Lipinski definition) is 1. The summed E-state index contributed by atoms with van der Waals surface area (Å²) in [4.78, 5) is 3.42. The molecule has 1 aromatic heterocycles. The van der Waals surface area contributed by atoms with Crippen LogP contribution in [0.1, 0.15) is 51.3 Å². The molecule has 1 heterocycles. The van der Waals surface area contributed by atoms with E-state index >= 15 is 0 Å². The van der Waals surface area contributed by atoms with Crippen molar-refractivity contribution in [3.63, 3.8) is 0 Å². The van der Waals surface area contributed by atoms with Gasteiger partial charge in [-0.05, 0) is 30.0 Å². The van der Waals surface area contributed by atoms with E-state index < -0.39 is 0 Å². The molecule has 134 valence electrons. The van der Waals surface area contributed by atoms with Crippen LogP contribution >= 0.6 is 0 Å². The number of aromatic nitrogens is 1. The van der Waals surface area contributed by atoms with Gasteiger partial charge in [-0.15, -0.1) is 0 Å². The molecule has 2 nitrogen and oxygen atoms in total. The molecule has 0 saturated heterocycles. The number of rotatable bonds is 4. The molecule has 0 amide bonds. The minimum absolute atomic E-state index is 0.0572. The van der Waals surface area contributed by atoms with Gasteiger partial charge in [0.2, 0.25) is 0 Å². The number of fused-ring (bicyclic) bond motifs is 1. The first-order valence-corrected chi connectivity index (χ1v) is 9.20. The Morgan fingerprint density at radius 1 is 1.00 bits per heavy atom. The number of hydrogen-bond acceptors (Lipinski definition) is 1. The zero-order valence-corrected chi connectivity index (χ0v) is 16.6. The smallest absolute Gasteiger partial charge is 0.142 e. The number of para-hydroxylation sites is 1. The van der Waals surface area contributed by atoms with Gasteiger partial charge in [-0.1, -0.05) is 76.6 Å². The van der Waals surface area contributed by atoms with Crippen molar-refractivity contribution in [2.45, 2.75) is 47.0 Å². The fraction of sp³-hybridized carbons (Fsp3) is 0.391. The van der Waals surface area contributed by atoms with Crippen molar-refractivity contribution in [1.29, 1.82) is 0 Å². The number of nitrogens with one attached hydrogen (secondary N) is 1. The lowest BCUT2D eigenvalue weighted by Crippen LogP contribution is -2.29. The van der Waals surface area contributed by atoms with E-state index in [-0.39, 0.29) is 5.41 Å². The largest absolute Gasteiger partial charge is 0.495 e. The lowest BCUT2D eigenvalue weighted by Gasteiger charge is -2.35. The lowest BCUT2D eigenvalue weighted by atomic mass is 9.68. The highest BCUT2D eigenvalue weighted by Gasteiger charge is 2.34. The summed E-state index contributed by atoms with van der Waals surface area (Å²) in [6, 6.07) is 15.2. The molecule has 3 aromatic rings. The van der Waals surface area contributed by atoms with E-state index in [2.05, 4.69) is 75.3 Å². The molecular weight excluding hydrogens is 306 g/mol. The SMILES string of the molecule is CC.COc1cccc2c(C(C)(c3ccc(C)cc3)C(C)C)c[nH]c12. The van der Waals surface area contributed by atoms with Crippen LogP contribution in [-0.2, 0) is 5.41 Å². The summed E-state index contributed by atoms with van der Waals surface area (Å²) < 4.78 is 5.50. The molecule has 0 saturated carbocycles. The van der Waals surface area contributed by atoms with Crippen LogP contribution < -0.4 is 4.74 Å². The zero-order valence-electron chi connectivity index (χ0n) is 16.6. The Bertz CT molecular complexity index is 814. The molecule has 0 spiro atoms. The van der Waals surface area contributed by atoms with Crippen LogP contribution in [0.5, 0.6) is 5.75 Å². The third-order valence-electron chi connectivity index (χ3n) is 5.26. The van der Waals surface area contributed by atoms with E-state index in [9.17, 15) is 0 Å². The van der Waals surface area contributed by atoms with Crippen molar-refractivity contribution >= 4 is 10.9 Å². The average molecular weight is 338 g/mol. The predicted molar refractivity (Wildman–Crippen MR) is 109 cm³/mol. The third-order valence-corrected chi connectivity index (χ3v) is 5.26. The molecule has 1 N–H and O–H groups in total. The average Bonchev–Trinajstić information content (AvgIpc) is 3.07. The van der Waals surface area contributed by atoms with Gasteiger partial charge in [0.25, 0.3) is 0 Å². The zero-order chi connectivity index (χ0) is 18.6. The molecule has 0 fully saturated rings. The summed E-state index contributed by atoms with van der Waals surface area (Å²) in [5, 5.41) is 1.24. The van der Waals surface area contributed by atoms with Crippen LogP contribution in [-0.4, -0.2) is 12.1 Å². The van der Waals surface area contributed by atoms with Gasteiger partial charge in [0.05, 0.1) is 12.6 Å². The van der Waals surface area contributed by atoms with Crippen LogP contribution in [0.3, 0.4) is 0 Å². The first kappa shape index (κ1) is 19.1. The van der Waals surface area contributed by atoms with Gasteiger partial charge in [0, 0.05) is 17.0 Å². The minimum Gasteiger partial charge on any atom is -0.495 e. The number of ether oxygens (including phenoxy) is 1. The maximum atomic E-state index is 5.50. The molecule has 0 radical (unpaired) electrons. The van der Waals surface area contributed by atoms with Crippen molar-refractivity contribution in [3.8, 4) is 5.75 Å². The summed E-state index contributed by atoms with van der Waals surface area (Å²) in [7, 11) is 1.72. The van der Waals surface area contributed by atoms with Gasteiger partial charge in [-0.3, -0.25) is 0 Å². The van der Waals surface area contributed by atoms with Gasteiger partial charge in [0.1, 0.15) is 5.75 Å². The maximum absolute atomic E-state index is 5.50. The Morgan fingerprint density at radius 2 is 1.64 bits per heavy atom. The molecule has 0 aliphatic rings. The summed E-state index contributed by atoms with van der Waals surface area (Å²) in [6.07, 6.45) is 2.15. The van der Waals surface area contributed by atoms with Gasteiger partial charge < -0.3 is 9.72 Å². The molecule has 3 rings (SSSR count). The monoisotopic (exact) mass is 337 g/mol. The third kappa shape index (κ3) is 3.30. The highest BCUT2D eigenvalue weighted by atomic mass is 16.5. The fourth-order valence-electron chi connectivity index (χ4n) is 3.43. The van der Waals surface area contributed by atoms with Crippen molar-refractivity contribution in [3.05, 3.63) is 65.4 Å². The van der Waals surface area contributed by atoms with Crippen LogP contribution in [0.15, 0.2) is 48.7 Å². The van der Waals surface area contributed by atoms with E-state index in [1.807, 2.05) is 19.9 Å². The second-order valence-corrected chi connectivity index (χ2v) is 6.81. The number of aryl methyl sites for hydroxylation is 1. The second kappa shape index (κ2) is 7.77. The van der Waals surface area contributed by atoms with E-state index in [1.54, 1.807) is 7.11 Å². The van der Waals surface area contributed by atoms with Crippen LogP contribution in [0.4, 0.5) is 0 Å². The standard InChI is InChI=1S/C21H25NO.C2H6/c1-14(2)21(4,16-11-9-15(3)10-12-16)18-13-22-20-17(18)7-6-8-19(20)23-5;1-2/h6-14,22H,1-5H3;1-2H3. The first-order valence-electron chi connectivity index (χ1n) is 9.20. The highest BCUT2D eigenvalue weighted by molar-refractivity contribution is 5.89. The summed E-state index contributed by atoms with van der Waals surface area (Å²) >= 11 is 0. The lowest BCUT2D eigenvalue weighted by molar-refractivity contribution is 0.408. The quantitative estimate of drug-likeness (QED) is 0.579. The number of benzene rings is 2. The fourth-order valence-corrected chi connectivity index (χ4v) is 3.43. The van der Waals surface area contributed by atoms with Crippen LogP contribution in [0.25, 0.3) is 10.9 Å². The Labute approximate surface area is 152 Å². The molecule has 0 aliphatic carbocycles. The molecule has 0 aliphatic heterocycles. The van der Waals surface area contributed by atoms with Gasteiger partial charge in [-0.25, -0.2) is 0 Å². The van der Waals surface area contributed by atoms with E-state index in [4.69, 9.17) is 4.74 Å². The van der Waals surface area contributed by atoms with Crippen molar-refractivity contribution in [1.82, 2.24) is 4.98 Å². The minimum atomic E-state index is -0.0572. The summed E-state index contributed by atoms with van der Waals surface area (Å²) in [5.41, 5.74) is 4.98. The molecule has 1 atom stereocenters. The molecule has 0 bridgehead atoms.